The topological polar surface area (TPSA) is 46.5 Å². The SMILES string of the molecule is CCOC1(C(=O)O)CCCC1(F)F. The Morgan fingerprint density at radius 2 is 2.15 bits per heavy atom. The lowest BCUT2D eigenvalue weighted by molar-refractivity contribution is -0.210. The Kier molecular flexibility index (Phi) is 2.56. The quantitative estimate of drug-likeness (QED) is 0.743. The molecule has 13 heavy (non-hydrogen) atoms. The van der Waals surface area contributed by atoms with E-state index in [1.807, 2.05) is 0 Å². The minimum atomic E-state index is -3.24. The maximum absolute atomic E-state index is 13.2. The van der Waals surface area contributed by atoms with Crippen molar-refractivity contribution in [3.05, 3.63) is 0 Å². The molecule has 0 spiro atoms. The van der Waals surface area contributed by atoms with Crippen molar-refractivity contribution in [1.82, 2.24) is 0 Å². The van der Waals surface area contributed by atoms with Crippen LogP contribution in [0.5, 0.6) is 0 Å². The van der Waals surface area contributed by atoms with Gasteiger partial charge < -0.3 is 9.84 Å². The number of carboxylic acid groups (broad SMARTS) is 1. The fourth-order valence-electron chi connectivity index (χ4n) is 1.69. The molecule has 1 atom stereocenters. The van der Waals surface area contributed by atoms with Gasteiger partial charge in [-0.15, -0.1) is 0 Å². The fourth-order valence-corrected chi connectivity index (χ4v) is 1.69. The third-order valence-corrected chi connectivity index (χ3v) is 2.35. The summed E-state index contributed by atoms with van der Waals surface area (Å²) in [5.41, 5.74) is -2.28. The van der Waals surface area contributed by atoms with E-state index < -0.39 is 23.9 Å². The van der Waals surface area contributed by atoms with Gasteiger partial charge in [0, 0.05) is 13.0 Å². The number of hydrogen-bond donors (Lipinski definition) is 1. The van der Waals surface area contributed by atoms with Crippen LogP contribution in [0.15, 0.2) is 0 Å². The van der Waals surface area contributed by atoms with Crippen molar-refractivity contribution < 1.29 is 23.4 Å². The summed E-state index contributed by atoms with van der Waals surface area (Å²) in [6.07, 6.45) is -0.318. The lowest BCUT2D eigenvalue weighted by Crippen LogP contribution is -2.52. The summed E-state index contributed by atoms with van der Waals surface area (Å²) in [4.78, 5) is 10.7. The Morgan fingerprint density at radius 1 is 1.54 bits per heavy atom. The first kappa shape index (κ1) is 10.4. The summed E-state index contributed by atoms with van der Waals surface area (Å²) in [6.45, 7) is 1.50. The van der Waals surface area contributed by atoms with Crippen LogP contribution >= 0.6 is 0 Å². The predicted octanol–water partition coefficient (Wildman–Crippen LogP) is 1.67. The Labute approximate surface area is 74.7 Å². The highest BCUT2D eigenvalue weighted by Crippen LogP contribution is 2.46. The number of carbonyl (C=O) groups is 1. The summed E-state index contributed by atoms with van der Waals surface area (Å²) in [5.74, 6) is -4.80. The molecule has 0 aromatic rings. The van der Waals surface area contributed by atoms with Gasteiger partial charge in [0.05, 0.1) is 0 Å². The second kappa shape index (κ2) is 3.21. The van der Waals surface area contributed by atoms with E-state index in [-0.39, 0.29) is 19.4 Å². The standard InChI is InChI=1S/C8H12F2O3/c1-2-13-7(6(11)12)4-3-5-8(7,9)10/h2-5H2,1H3,(H,11,12). The molecule has 1 N–H and O–H groups in total. The molecule has 0 aromatic heterocycles. The summed E-state index contributed by atoms with van der Waals surface area (Å²) in [5, 5.41) is 8.73. The van der Waals surface area contributed by atoms with Crippen LogP contribution in [0.3, 0.4) is 0 Å². The highest BCUT2D eigenvalue weighted by Gasteiger charge is 2.63. The lowest BCUT2D eigenvalue weighted by Gasteiger charge is -2.30. The number of hydrogen-bond acceptors (Lipinski definition) is 2. The second-order valence-corrected chi connectivity index (χ2v) is 3.12. The number of halogens is 2. The van der Waals surface area contributed by atoms with Crippen molar-refractivity contribution in [3.63, 3.8) is 0 Å². The number of carboxylic acids is 1. The summed E-state index contributed by atoms with van der Waals surface area (Å²) < 4.78 is 31.1. The average Bonchev–Trinajstić information content (AvgIpc) is 2.28. The third kappa shape index (κ3) is 1.41. The largest absolute Gasteiger partial charge is 0.479 e. The molecule has 3 nitrogen and oxygen atoms in total. The zero-order valence-corrected chi connectivity index (χ0v) is 7.35. The highest BCUT2D eigenvalue weighted by molar-refractivity contribution is 5.79. The molecule has 1 aliphatic carbocycles. The normalized spacial score (nSPS) is 31.9. The van der Waals surface area contributed by atoms with E-state index in [1.54, 1.807) is 0 Å². The summed E-state index contributed by atoms with van der Waals surface area (Å²) >= 11 is 0. The number of ether oxygens (including phenoxy) is 1. The van der Waals surface area contributed by atoms with Gasteiger partial charge >= 0.3 is 5.97 Å². The monoisotopic (exact) mass is 194 g/mol. The van der Waals surface area contributed by atoms with Gasteiger partial charge in [-0.25, -0.2) is 13.6 Å². The molecule has 0 aliphatic heterocycles. The molecule has 1 unspecified atom stereocenters. The average molecular weight is 194 g/mol. The molecule has 1 aliphatic rings. The molecular weight excluding hydrogens is 182 g/mol. The molecule has 0 amide bonds. The van der Waals surface area contributed by atoms with E-state index >= 15 is 0 Å². The first-order valence-electron chi connectivity index (χ1n) is 4.21. The van der Waals surface area contributed by atoms with E-state index in [0.29, 0.717) is 0 Å². The lowest BCUT2D eigenvalue weighted by atomic mass is 9.99. The van der Waals surface area contributed by atoms with Crippen LogP contribution in [0.25, 0.3) is 0 Å². The molecule has 0 radical (unpaired) electrons. The van der Waals surface area contributed by atoms with Crippen LogP contribution in [0, 0.1) is 0 Å². The third-order valence-electron chi connectivity index (χ3n) is 2.35. The van der Waals surface area contributed by atoms with Crippen LogP contribution in [-0.4, -0.2) is 29.2 Å². The van der Waals surface area contributed by atoms with Crippen molar-refractivity contribution in [2.24, 2.45) is 0 Å². The van der Waals surface area contributed by atoms with Crippen molar-refractivity contribution in [2.75, 3.05) is 6.61 Å². The van der Waals surface area contributed by atoms with E-state index in [9.17, 15) is 13.6 Å². The number of alkyl halides is 2. The van der Waals surface area contributed by atoms with Gasteiger partial charge in [0.1, 0.15) is 0 Å². The first-order chi connectivity index (χ1) is 5.96. The smallest absolute Gasteiger partial charge is 0.342 e. The zero-order chi connectivity index (χ0) is 10.1. The van der Waals surface area contributed by atoms with E-state index in [1.165, 1.54) is 6.92 Å². The molecular formula is C8H12F2O3. The van der Waals surface area contributed by atoms with E-state index in [4.69, 9.17) is 9.84 Å². The van der Waals surface area contributed by atoms with Crippen molar-refractivity contribution in [1.29, 1.82) is 0 Å². The van der Waals surface area contributed by atoms with Crippen molar-refractivity contribution >= 4 is 5.97 Å². The molecule has 5 heteroatoms. The molecule has 1 rings (SSSR count). The molecule has 0 bridgehead atoms. The minimum absolute atomic E-state index is 0.0120. The predicted molar refractivity (Wildman–Crippen MR) is 40.8 cm³/mol. The summed E-state index contributed by atoms with van der Waals surface area (Å²) in [6, 6.07) is 0. The van der Waals surface area contributed by atoms with Crippen LogP contribution in [0.1, 0.15) is 26.2 Å². The zero-order valence-electron chi connectivity index (χ0n) is 7.35. The van der Waals surface area contributed by atoms with Crippen LogP contribution in [0.4, 0.5) is 8.78 Å². The molecule has 76 valence electrons. The maximum Gasteiger partial charge on any atom is 0.342 e. The van der Waals surface area contributed by atoms with Crippen LogP contribution < -0.4 is 0 Å². The highest BCUT2D eigenvalue weighted by atomic mass is 19.3. The maximum atomic E-state index is 13.2. The second-order valence-electron chi connectivity index (χ2n) is 3.12. The van der Waals surface area contributed by atoms with Gasteiger partial charge in [0.25, 0.3) is 5.92 Å². The van der Waals surface area contributed by atoms with Gasteiger partial charge in [-0.05, 0) is 19.8 Å². The Balaban J connectivity index is 2.96. The molecule has 0 aromatic carbocycles. The Hall–Kier alpha value is -0.710. The van der Waals surface area contributed by atoms with E-state index in [2.05, 4.69) is 0 Å². The summed E-state index contributed by atoms with van der Waals surface area (Å²) in [7, 11) is 0. The van der Waals surface area contributed by atoms with Gasteiger partial charge in [-0.3, -0.25) is 0 Å². The molecule has 0 saturated heterocycles. The minimum Gasteiger partial charge on any atom is -0.479 e. The van der Waals surface area contributed by atoms with Crippen molar-refractivity contribution in [2.45, 2.75) is 37.7 Å². The van der Waals surface area contributed by atoms with Crippen LogP contribution in [0.2, 0.25) is 0 Å². The van der Waals surface area contributed by atoms with Crippen LogP contribution in [-0.2, 0) is 9.53 Å². The molecule has 1 saturated carbocycles. The van der Waals surface area contributed by atoms with Gasteiger partial charge in [-0.1, -0.05) is 0 Å². The number of aliphatic carboxylic acids is 1. The number of rotatable bonds is 3. The Morgan fingerprint density at radius 3 is 2.46 bits per heavy atom. The van der Waals surface area contributed by atoms with Gasteiger partial charge in [-0.2, -0.15) is 0 Å². The van der Waals surface area contributed by atoms with Gasteiger partial charge in [0.2, 0.25) is 5.60 Å². The molecule has 1 fully saturated rings. The molecule has 0 heterocycles. The van der Waals surface area contributed by atoms with Crippen molar-refractivity contribution in [3.8, 4) is 0 Å². The van der Waals surface area contributed by atoms with Gasteiger partial charge in [0.15, 0.2) is 0 Å². The van der Waals surface area contributed by atoms with E-state index in [0.717, 1.165) is 0 Å². The first-order valence-corrected chi connectivity index (χ1v) is 4.21. The Bertz CT molecular complexity index is 217. The fraction of sp³-hybridized carbons (Fsp3) is 0.875.